The highest BCUT2D eigenvalue weighted by molar-refractivity contribution is 5.31. The van der Waals surface area contributed by atoms with Crippen molar-refractivity contribution < 1.29 is 13.9 Å². The Morgan fingerprint density at radius 3 is 2.89 bits per heavy atom. The van der Waals surface area contributed by atoms with E-state index in [4.69, 9.17) is 9.47 Å². The van der Waals surface area contributed by atoms with Crippen molar-refractivity contribution in [3.05, 3.63) is 29.6 Å². The number of morpholine rings is 1. The van der Waals surface area contributed by atoms with Crippen molar-refractivity contribution in [2.75, 3.05) is 40.9 Å². The van der Waals surface area contributed by atoms with Crippen LogP contribution in [0.2, 0.25) is 0 Å². The van der Waals surface area contributed by atoms with Gasteiger partial charge in [0.2, 0.25) is 0 Å². The molecule has 5 heteroatoms. The molecule has 1 aliphatic rings. The minimum atomic E-state index is -0.268. The van der Waals surface area contributed by atoms with Crippen LogP contribution < -0.4 is 10.1 Å². The van der Waals surface area contributed by atoms with Crippen molar-refractivity contribution in [1.82, 2.24) is 10.2 Å². The SMILES string of the molecule is CNC(c1ccc(OC)cc1F)C1CN(C)CCO1. The number of hydrogen-bond donors (Lipinski definition) is 1. The molecule has 0 radical (unpaired) electrons. The zero-order chi connectivity index (χ0) is 13.8. The maximum Gasteiger partial charge on any atom is 0.131 e. The number of nitrogens with zero attached hydrogens (tertiary/aromatic N) is 1. The second kappa shape index (κ2) is 6.32. The molecule has 106 valence electrons. The van der Waals surface area contributed by atoms with E-state index in [1.165, 1.54) is 13.2 Å². The Morgan fingerprint density at radius 2 is 2.32 bits per heavy atom. The van der Waals surface area contributed by atoms with Crippen LogP contribution in [0.1, 0.15) is 11.6 Å². The zero-order valence-electron chi connectivity index (χ0n) is 11.6. The van der Waals surface area contributed by atoms with Crippen molar-refractivity contribution in [2.45, 2.75) is 12.1 Å². The lowest BCUT2D eigenvalue weighted by molar-refractivity contribution is -0.0385. The molecule has 0 bridgehead atoms. The first-order valence-electron chi connectivity index (χ1n) is 6.46. The normalized spacial score (nSPS) is 22.2. The number of benzene rings is 1. The van der Waals surface area contributed by atoms with E-state index in [1.807, 2.05) is 14.1 Å². The smallest absolute Gasteiger partial charge is 0.131 e. The third-order valence-corrected chi connectivity index (χ3v) is 3.52. The molecule has 0 spiro atoms. The van der Waals surface area contributed by atoms with Crippen molar-refractivity contribution >= 4 is 0 Å². The molecule has 1 aromatic rings. The Balaban J connectivity index is 2.21. The summed E-state index contributed by atoms with van der Waals surface area (Å²) in [4.78, 5) is 2.19. The molecule has 1 aromatic carbocycles. The fourth-order valence-corrected chi connectivity index (χ4v) is 2.44. The number of ether oxygens (including phenoxy) is 2. The molecule has 0 aliphatic carbocycles. The van der Waals surface area contributed by atoms with Crippen LogP contribution in [-0.2, 0) is 4.74 Å². The molecule has 1 heterocycles. The van der Waals surface area contributed by atoms with Gasteiger partial charge in [-0.15, -0.1) is 0 Å². The quantitative estimate of drug-likeness (QED) is 0.895. The predicted octanol–water partition coefficient (Wildman–Crippen LogP) is 1.43. The molecule has 4 nitrogen and oxygen atoms in total. The van der Waals surface area contributed by atoms with Crippen molar-refractivity contribution in [2.24, 2.45) is 0 Å². The van der Waals surface area contributed by atoms with Crippen LogP contribution in [0.4, 0.5) is 4.39 Å². The summed E-state index contributed by atoms with van der Waals surface area (Å²) in [7, 11) is 5.40. The summed E-state index contributed by atoms with van der Waals surface area (Å²) in [6.07, 6.45) is -0.0494. The topological polar surface area (TPSA) is 33.7 Å². The highest BCUT2D eigenvalue weighted by Gasteiger charge is 2.28. The molecular formula is C14H21FN2O2. The number of rotatable bonds is 4. The molecule has 1 fully saturated rings. The molecule has 1 N–H and O–H groups in total. The minimum absolute atomic E-state index is 0.0494. The monoisotopic (exact) mass is 268 g/mol. The third-order valence-electron chi connectivity index (χ3n) is 3.52. The minimum Gasteiger partial charge on any atom is -0.497 e. The fourth-order valence-electron chi connectivity index (χ4n) is 2.44. The third kappa shape index (κ3) is 3.23. The van der Waals surface area contributed by atoms with E-state index in [9.17, 15) is 4.39 Å². The molecule has 2 rings (SSSR count). The summed E-state index contributed by atoms with van der Waals surface area (Å²) in [6, 6.07) is 4.78. The Labute approximate surface area is 113 Å². The van der Waals surface area contributed by atoms with Crippen molar-refractivity contribution in [3.63, 3.8) is 0 Å². The second-order valence-corrected chi connectivity index (χ2v) is 4.83. The molecule has 2 atom stereocenters. The van der Waals surface area contributed by atoms with Crippen LogP contribution in [-0.4, -0.2) is 51.9 Å². The van der Waals surface area contributed by atoms with Crippen LogP contribution in [0.3, 0.4) is 0 Å². The lowest BCUT2D eigenvalue weighted by atomic mass is 9.99. The summed E-state index contributed by atoms with van der Waals surface area (Å²) in [5.41, 5.74) is 0.614. The molecule has 0 aromatic heterocycles. The van der Waals surface area contributed by atoms with Gasteiger partial charge in [-0.25, -0.2) is 4.39 Å². The van der Waals surface area contributed by atoms with Gasteiger partial charge in [-0.2, -0.15) is 0 Å². The molecule has 1 saturated heterocycles. The van der Waals surface area contributed by atoms with Gasteiger partial charge in [0, 0.05) is 24.7 Å². The van der Waals surface area contributed by atoms with Crippen LogP contribution in [0.5, 0.6) is 5.75 Å². The first kappa shape index (κ1) is 14.2. The highest BCUT2D eigenvalue weighted by Crippen LogP contribution is 2.26. The van der Waals surface area contributed by atoms with E-state index in [0.29, 0.717) is 17.9 Å². The Morgan fingerprint density at radius 1 is 1.53 bits per heavy atom. The lowest BCUT2D eigenvalue weighted by Crippen LogP contribution is -2.46. The highest BCUT2D eigenvalue weighted by atomic mass is 19.1. The van der Waals surface area contributed by atoms with Gasteiger partial charge < -0.3 is 19.7 Å². The van der Waals surface area contributed by atoms with E-state index in [-0.39, 0.29) is 18.0 Å². The Hall–Kier alpha value is -1.17. The van der Waals surface area contributed by atoms with Crippen LogP contribution in [0.25, 0.3) is 0 Å². The van der Waals surface area contributed by atoms with Gasteiger partial charge in [0.25, 0.3) is 0 Å². The van der Waals surface area contributed by atoms with E-state index >= 15 is 0 Å². The number of methoxy groups -OCH3 is 1. The van der Waals surface area contributed by atoms with Gasteiger partial charge in [-0.1, -0.05) is 6.07 Å². The molecule has 0 amide bonds. The largest absolute Gasteiger partial charge is 0.497 e. The number of nitrogens with one attached hydrogen (secondary N) is 1. The average molecular weight is 268 g/mol. The van der Waals surface area contributed by atoms with Gasteiger partial charge >= 0.3 is 0 Å². The molecule has 0 saturated carbocycles. The zero-order valence-corrected chi connectivity index (χ0v) is 11.6. The maximum absolute atomic E-state index is 14.1. The van der Waals surface area contributed by atoms with Crippen LogP contribution >= 0.6 is 0 Å². The maximum atomic E-state index is 14.1. The summed E-state index contributed by atoms with van der Waals surface area (Å²) in [5.74, 6) is 0.258. The molecule has 19 heavy (non-hydrogen) atoms. The molecule has 1 aliphatic heterocycles. The van der Waals surface area contributed by atoms with Gasteiger partial charge in [0.05, 0.1) is 25.9 Å². The average Bonchev–Trinajstić information content (AvgIpc) is 2.41. The van der Waals surface area contributed by atoms with Crippen molar-refractivity contribution in [3.8, 4) is 5.75 Å². The predicted molar refractivity (Wildman–Crippen MR) is 72.0 cm³/mol. The summed E-state index contributed by atoms with van der Waals surface area (Å²) >= 11 is 0. The summed E-state index contributed by atoms with van der Waals surface area (Å²) in [6.45, 7) is 2.38. The van der Waals surface area contributed by atoms with Gasteiger partial charge in [0.15, 0.2) is 0 Å². The Kier molecular flexibility index (Phi) is 4.74. The first-order chi connectivity index (χ1) is 9.15. The van der Waals surface area contributed by atoms with Gasteiger partial charge in [0.1, 0.15) is 11.6 Å². The van der Waals surface area contributed by atoms with Gasteiger partial charge in [-0.05, 0) is 20.2 Å². The number of halogens is 1. The van der Waals surface area contributed by atoms with Crippen molar-refractivity contribution in [1.29, 1.82) is 0 Å². The van der Waals surface area contributed by atoms with Crippen LogP contribution in [0, 0.1) is 5.82 Å². The van der Waals surface area contributed by atoms with E-state index < -0.39 is 0 Å². The van der Waals surface area contributed by atoms with Gasteiger partial charge in [-0.3, -0.25) is 0 Å². The van der Waals surface area contributed by atoms with Crippen LogP contribution in [0.15, 0.2) is 18.2 Å². The molecule has 2 unspecified atom stereocenters. The van der Waals surface area contributed by atoms with E-state index in [2.05, 4.69) is 10.2 Å². The first-order valence-corrected chi connectivity index (χ1v) is 6.46. The lowest BCUT2D eigenvalue weighted by Gasteiger charge is -2.35. The summed E-state index contributed by atoms with van der Waals surface area (Å²) in [5, 5.41) is 3.15. The fraction of sp³-hybridized carbons (Fsp3) is 0.571. The number of likely N-dealkylation sites (N-methyl/N-ethyl adjacent to an activating group) is 2. The summed E-state index contributed by atoms with van der Waals surface area (Å²) < 4.78 is 24.9. The van der Waals surface area contributed by atoms with E-state index in [0.717, 1.165) is 13.1 Å². The molecular weight excluding hydrogens is 247 g/mol. The Bertz CT molecular complexity index is 428. The standard InChI is InChI=1S/C14H21FN2O2/c1-16-14(13-9-17(2)6-7-19-13)11-5-4-10(18-3)8-12(11)15/h4-5,8,13-14,16H,6-7,9H2,1-3H3. The number of hydrogen-bond acceptors (Lipinski definition) is 4. The second-order valence-electron chi connectivity index (χ2n) is 4.83. The van der Waals surface area contributed by atoms with E-state index in [1.54, 1.807) is 12.1 Å².